The van der Waals surface area contributed by atoms with Gasteiger partial charge in [-0.1, -0.05) is 22.0 Å². The minimum absolute atomic E-state index is 0.140. The number of carbonyl (C=O) groups excluding carboxylic acids is 2. The van der Waals surface area contributed by atoms with Gasteiger partial charge in [0, 0.05) is 15.9 Å². The van der Waals surface area contributed by atoms with E-state index in [0.29, 0.717) is 18.0 Å². The molecule has 2 aromatic rings. The summed E-state index contributed by atoms with van der Waals surface area (Å²) in [6.07, 6.45) is -0.864. The van der Waals surface area contributed by atoms with Crippen LogP contribution >= 0.6 is 27.7 Å². The fraction of sp³-hybridized carbons (Fsp3) is 0.263. The Bertz CT molecular complexity index is 827. The summed E-state index contributed by atoms with van der Waals surface area (Å²) in [6, 6.07) is 13.1. The second-order valence-corrected chi connectivity index (χ2v) is 7.74. The summed E-state index contributed by atoms with van der Waals surface area (Å²) in [5.74, 6) is 0.701. The standard InChI is InChI=1S/C19H18BrNO5S/c1-12(26-18(22)10-27-15-5-3-14(20)4-6-15)19(23)21-9-13-2-7-16-17(8-13)25-11-24-16/h2-8,12H,9-11H2,1H3,(H,21,23)/t12-/m1/s1. The third-order valence-electron chi connectivity index (χ3n) is 3.75. The summed E-state index contributed by atoms with van der Waals surface area (Å²) >= 11 is 4.72. The number of nitrogens with one attached hydrogen (secondary N) is 1. The Morgan fingerprint density at radius 2 is 1.93 bits per heavy atom. The molecule has 8 heteroatoms. The molecular weight excluding hydrogens is 434 g/mol. The van der Waals surface area contributed by atoms with Gasteiger partial charge in [0.1, 0.15) is 0 Å². The van der Waals surface area contributed by atoms with Crippen LogP contribution < -0.4 is 14.8 Å². The highest BCUT2D eigenvalue weighted by atomic mass is 79.9. The third kappa shape index (κ3) is 5.64. The van der Waals surface area contributed by atoms with Crippen LogP contribution in [-0.2, 0) is 20.9 Å². The van der Waals surface area contributed by atoms with Gasteiger partial charge in [-0.25, -0.2) is 0 Å². The molecule has 0 fully saturated rings. The number of amides is 1. The molecule has 0 bridgehead atoms. The first-order valence-electron chi connectivity index (χ1n) is 8.25. The molecule has 2 aromatic carbocycles. The van der Waals surface area contributed by atoms with E-state index in [1.807, 2.05) is 36.4 Å². The first-order chi connectivity index (χ1) is 13.0. The number of hydrogen-bond donors (Lipinski definition) is 1. The van der Waals surface area contributed by atoms with Crippen LogP contribution in [0.5, 0.6) is 11.5 Å². The number of carbonyl (C=O) groups is 2. The van der Waals surface area contributed by atoms with Crippen LogP contribution in [0.2, 0.25) is 0 Å². The maximum atomic E-state index is 12.1. The van der Waals surface area contributed by atoms with Crippen molar-refractivity contribution in [3.05, 3.63) is 52.5 Å². The largest absolute Gasteiger partial charge is 0.454 e. The van der Waals surface area contributed by atoms with Gasteiger partial charge in [-0.15, -0.1) is 11.8 Å². The molecule has 1 aliphatic rings. The predicted octanol–water partition coefficient (Wildman–Crippen LogP) is 3.52. The number of halogens is 1. The normalized spacial score (nSPS) is 13.1. The van der Waals surface area contributed by atoms with Crippen molar-refractivity contribution >= 4 is 39.6 Å². The number of rotatable bonds is 7. The monoisotopic (exact) mass is 451 g/mol. The number of thioether (sulfide) groups is 1. The second kappa shape index (κ2) is 9.14. The number of fused-ring (bicyclic) bond motifs is 1. The maximum Gasteiger partial charge on any atom is 0.317 e. The van der Waals surface area contributed by atoms with E-state index in [1.165, 1.54) is 11.8 Å². The lowest BCUT2D eigenvalue weighted by Gasteiger charge is -2.13. The van der Waals surface area contributed by atoms with Gasteiger partial charge in [0.15, 0.2) is 17.6 Å². The summed E-state index contributed by atoms with van der Waals surface area (Å²) in [4.78, 5) is 25.0. The van der Waals surface area contributed by atoms with E-state index in [-0.39, 0.29) is 18.5 Å². The zero-order chi connectivity index (χ0) is 19.2. The first-order valence-corrected chi connectivity index (χ1v) is 10.0. The van der Waals surface area contributed by atoms with E-state index in [1.54, 1.807) is 13.0 Å². The summed E-state index contributed by atoms with van der Waals surface area (Å²) in [6.45, 7) is 2.07. The van der Waals surface area contributed by atoms with Crippen molar-refractivity contribution < 1.29 is 23.8 Å². The van der Waals surface area contributed by atoms with Gasteiger partial charge in [0.25, 0.3) is 5.91 Å². The smallest absolute Gasteiger partial charge is 0.317 e. The highest BCUT2D eigenvalue weighted by Crippen LogP contribution is 2.32. The molecule has 0 saturated heterocycles. The molecule has 1 heterocycles. The molecule has 0 spiro atoms. The molecule has 3 rings (SSSR count). The lowest BCUT2D eigenvalue weighted by Crippen LogP contribution is -2.35. The molecule has 0 saturated carbocycles. The molecule has 0 unspecified atom stereocenters. The molecule has 1 amide bonds. The molecular formula is C19H18BrNO5S. The van der Waals surface area contributed by atoms with Crippen LogP contribution in [0.4, 0.5) is 0 Å². The Morgan fingerprint density at radius 1 is 1.19 bits per heavy atom. The minimum Gasteiger partial charge on any atom is -0.454 e. The molecule has 0 aliphatic carbocycles. The van der Waals surface area contributed by atoms with Crippen LogP contribution in [0.1, 0.15) is 12.5 Å². The van der Waals surface area contributed by atoms with E-state index >= 15 is 0 Å². The summed E-state index contributed by atoms with van der Waals surface area (Å²) in [5.41, 5.74) is 0.872. The van der Waals surface area contributed by atoms with Crippen molar-refractivity contribution in [3.8, 4) is 11.5 Å². The van der Waals surface area contributed by atoms with Gasteiger partial charge >= 0.3 is 5.97 Å². The average molecular weight is 452 g/mol. The molecule has 0 radical (unpaired) electrons. The van der Waals surface area contributed by atoms with Crippen LogP contribution in [0.25, 0.3) is 0 Å². The highest BCUT2D eigenvalue weighted by molar-refractivity contribution is 9.10. The second-order valence-electron chi connectivity index (χ2n) is 5.78. The van der Waals surface area contributed by atoms with Crippen LogP contribution in [0.15, 0.2) is 51.8 Å². The van der Waals surface area contributed by atoms with Crippen molar-refractivity contribution in [3.63, 3.8) is 0 Å². The zero-order valence-electron chi connectivity index (χ0n) is 14.6. The van der Waals surface area contributed by atoms with E-state index in [9.17, 15) is 9.59 Å². The van der Waals surface area contributed by atoms with Gasteiger partial charge in [-0.2, -0.15) is 0 Å². The maximum absolute atomic E-state index is 12.1. The fourth-order valence-corrected chi connectivity index (χ4v) is 3.29. The lowest BCUT2D eigenvalue weighted by atomic mass is 10.2. The highest BCUT2D eigenvalue weighted by Gasteiger charge is 2.18. The molecule has 1 atom stereocenters. The lowest BCUT2D eigenvalue weighted by molar-refractivity contribution is -0.152. The van der Waals surface area contributed by atoms with Gasteiger partial charge < -0.3 is 19.5 Å². The Kier molecular flexibility index (Phi) is 6.63. The van der Waals surface area contributed by atoms with Crippen molar-refractivity contribution in [1.82, 2.24) is 5.32 Å². The van der Waals surface area contributed by atoms with E-state index < -0.39 is 12.1 Å². The van der Waals surface area contributed by atoms with Crippen LogP contribution in [-0.4, -0.2) is 30.5 Å². The Labute approximate surface area is 169 Å². The summed E-state index contributed by atoms with van der Waals surface area (Å²) < 4.78 is 16.7. The number of benzene rings is 2. The van der Waals surface area contributed by atoms with Crippen molar-refractivity contribution in [1.29, 1.82) is 0 Å². The zero-order valence-corrected chi connectivity index (χ0v) is 17.0. The van der Waals surface area contributed by atoms with Crippen molar-refractivity contribution in [2.24, 2.45) is 0 Å². The molecule has 27 heavy (non-hydrogen) atoms. The minimum atomic E-state index is -0.864. The average Bonchev–Trinajstić information content (AvgIpc) is 3.13. The molecule has 0 aromatic heterocycles. The fourth-order valence-electron chi connectivity index (χ4n) is 2.34. The van der Waals surface area contributed by atoms with Crippen molar-refractivity contribution in [2.45, 2.75) is 24.5 Å². The first kappa shape index (κ1) is 19.6. The Balaban J connectivity index is 1.41. The van der Waals surface area contributed by atoms with Gasteiger partial charge in [0.05, 0.1) is 5.75 Å². The summed E-state index contributed by atoms with van der Waals surface area (Å²) in [5, 5.41) is 2.75. The van der Waals surface area contributed by atoms with E-state index in [0.717, 1.165) is 14.9 Å². The topological polar surface area (TPSA) is 73.9 Å². The third-order valence-corrected chi connectivity index (χ3v) is 5.27. The SMILES string of the molecule is C[C@@H](OC(=O)CSc1ccc(Br)cc1)C(=O)NCc1ccc2c(c1)OCO2. The van der Waals surface area contributed by atoms with Crippen LogP contribution in [0, 0.1) is 0 Å². The van der Waals surface area contributed by atoms with E-state index in [2.05, 4.69) is 21.2 Å². The molecule has 142 valence electrons. The Morgan fingerprint density at radius 3 is 2.70 bits per heavy atom. The summed E-state index contributed by atoms with van der Waals surface area (Å²) in [7, 11) is 0. The predicted molar refractivity (Wildman–Crippen MR) is 105 cm³/mol. The number of ether oxygens (including phenoxy) is 3. The molecule has 6 nitrogen and oxygen atoms in total. The van der Waals surface area contributed by atoms with Crippen molar-refractivity contribution in [2.75, 3.05) is 12.5 Å². The number of hydrogen-bond acceptors (Lipinski definition) is 6. The van der Waals surface area contributed by atoms with E-state index in [4.69, 9.17) is 14.2 Å². The molecule has 1 N–H and O–H groups in total. The number of esters is 1. The van der Waals surface area contributed by atoms with Gasteiger partial charge in [-0.05, 0) is 48.9 Å². The van der Waals surface area contributed by atoms with Crippen LogP contribution in [0.3, 0.4) is 0 Å². The van der Waals surface area contributed by atoms with Gasteiger partial charge in [0.2, 0.25) is 6.79 Å². The quantitative estimate of drug-likeness (QED) is 0.512. The molecule has 1 aliphatic heterocycles. The van der Waals surface area contributed by atoms with Gasteiger partial charge in [-0.3, -0.25) is 9.59 Å². The Hall–Kier alpha value is -2.19.